The molecule has 4 atom stereocenters. The third kappa shape index (κ3) is 6.74. The molecule has 2 rings (SSSR count). The second kappa shape index (κ2) is 9.46. The summed E-state index contributed by atoms with van der Waals surface area (Å²) in [4.78, 5) is 0. The quantitative estimate of drug-likeness (QED) is 0.259. The van der Waals surface area contributed by atoms with E-state index in [2.05, 4.69) is 53.3 Å². The molecule has 0 spiro atoms. The average Bonchev–Trinajstić information content (AvgIpc) is 3.41. The second-order valence-corrected chi connectivity index (χ2v) is 10.9. The molecule has 0 aromatic heterocycles. The first kappa shape index (κ1) is 21.6. The Morgan fingerprint density at radius 1 is 0.760 bits per heavy atom. The maximum absolute atomic E-state index is 5.81. The molecule has 4 unspecified atom stereocenters. The van der Waals surface area contributed by atoms with Gasteiger partial charge in [0.2, 0.25) is 0 Å². The van der Waals surface area contributed by atoms with Crippen LogP contribution in [0.25, 0.3) is 0 Å². The molecule has 0 aliphatic carbocycles. The van der Waals surface area contributed by atoms with Gasteiger partial charge in [-0.1, -0.05) is 80.1 Å². The summed E-state index contributed by atoms with van der Waals surface area (Å²) >= 11 is 2.21. The van der Waals surface area contributed by atoms with Gasteiger partial charge in [0.15, 0.2) is 0 Å². The van der Waals surface area contributed by atoms with Crippen LogP contribution in [0.5, 0.6) is 0 Å². The van der Waals surface area contributed by atoms with E-state index in [1.165, 1.54) is 51.4 Å². The highest BCUT2D eigenvalue weighted by molar-refractivity contribution is 8.00. The Hall–Kier alpha value is 0.270. The van der Waals surface area contributed by atoms with Crippen LogP contribution in [-0.4, -0.2) is 35.9 Å². The van der Waals surface area contributed by atoms with Crippen LogP contribution in [0.4, 0.5) is 0 Å². The van der Waals surface area contributed by atoms with Crippen LogP contribution >= 0.6 is 11.8 Å². The Labute approximate surface area is 161 Å². The summed E-state index contributed by atoms with van der Waals surface area (Å²) in [7, 11) is 0. The Morgan fingerprint density at radius 3 is 1.40 bits per heavy atom. The monoisotopic (exact) mass is 370 g/mol. The van der Waals surface area contributed by atoms with Gasteiger partial charge in [-0.05, 0) is 23.7 Å². The van der Waals surface area contributed by atoms with E-state index < -0.39 is 0 Å². The number of thioether (sulfide) groups is 1. The van der Waals surface area contributed by atoms with E-state index in [1.54, 1.807) is 0 Å². The Morgan fingerprint density at radius 2 is 1.12 bits per heavy atom. The Bertz CT molecular complexity index is 349. The van der Waals surface area contributed by atoms with Gasteiger partial charge in [0.1, 0.15) is 0 Å². The van der Waals surface area contributed by atoms with E-state index in [-0.39, 0.29) is 0 Å². The van der Waals surface area contributed by atoms with Crippen LogP contribution in [0.1, 0.15) is 92.9 Å². The lowest BCUT2D eigenvalue weighted by molar-refractivity contribution is 0.246. The van der Waals surface area contributed by atoms with Gasteiger partial charge in [0.05, 0.1) is 25.4 Å². The van der Waals surface area contributed by atoms with E-state index in [4.69, 9.17) is 9.47 Å². The number of unbranched alkanes of at least 4 members (excludes halogenated alkanes) is 4. The highest BCUT2D eigenvalue weighted by Gasteiger charge is 2.50. The first-order valence-electron chi connectivity index (χ1n) is 10.7. The predicted molar refractivity (Wildman–Crippen MR) is 110 cm³/mol. The van der Waals surface area contributed by atoms with E-state index >= 15 is 0 Å². The van der Waals surface area contributed by atoms with Gasteiger partial charge in [0, 0.05) is 10.5 Å². The summed E-state index contributed by atoms with van der Waals surface area (Å²) in [6.45, 7) is 16.4. The van der Waals surface area contributed by atoms with Crippen molar-refractivity contribution in [2.24, 2.45) is 10.8 Å². The van der Waals surface area contributed by atoms with Crippen molar-refractivity contribution < 1.29 is 9.47 Å². The van der Waals surface area contributed by atoms with Crippen LogP contribution in [0.3, 0.4) is 0 Å². The fraction of sp³-hybridized carbons (Fsp3) is 1.00. The summed E-state index contributed by atoms with van der Waals surface area (Å²) in [5, 5.41) is 1.20. The molecule has 2 aliphatic heterocycles. The number of epoxide rings is 2. The van der Waals surface area contributed by atoms with E-state index in [0.29, 0.717) is 33.5 Å². The van der Waals surface area contributed by atoms with Crippen molar-refractivity contribution in [3.05, 3.63) is 0 Å². The number of ether oxygens (including phenoxy) is 2. The van der Waals surface area contributed by atoms with Crippen molar-refractivity contribution in [2.45, 2.75) is 116 Å². The lowest BCUT2D eigenvalue weighted by atomic mass is 9.81. The number of hydrogen-bond donors (Lipinski definition) is 0. The zero-order chi connectivity index (χ0) is 18.5. The summed E-state index contributed by atoms with van der Waals surface area (Å²) in [5.41, 5.74) is 0.682. The third-order valence-electron chi connectivity index (χ3n) is 6.08. The van der Waals surface area contributed by atoms with Gasteiger partial charge in [-0.25, -0.2) is 0 Å². The van der Waals surface area contributed by atoms with Gasteiger partial charge < -0.3 is 9.47 Å². The molecular formula is C22H42O2S. The SMILES string of the molecule is CCCCCC(C)(C)C(SC(C1CO1)C(C)(C)CCCCC)C1CO1. The fourth-order valence-electron chi connectivity index (χ4n) is 4.11. The fourth-order valence-corrected chi connectivity index (χ4v) is 6.07. The number of rotatable bonds is 14. The van der Waals surface area contributed by atoms with Gasteiger partial charge >= 0.3 is 0 Å². The van der Waals surface area contributed by atoms with Gasteiger partial charge in [-0.3, -0.25) is 0 Å². The van der Waals surface area contributed by atoms with Gasteiger partial charge in [0.25, 0.3) is 0 Å². The van der Waals surface area contributed by atoms with Crippen LogP contribution < -0.4 is 0 Å². The molecule has 2 fully saturated rings. The van der Waals surface area contributed by atoms with E-state index in [9.17, 15) is 0 Å². The third-order valence-corrected chi connectivity index (χ3v) is 8.55. The molecule has 25 heavy (non-hydrogen) atoms. The predicted octanol–water partition coefficient (Wildman–Crippen LogP) is 6.47. The molecular weight excluding hydrogens is 328 g/mol. The summed E-state index contributed by atoms with van der Waals surface area (Å²) < 4.78 is 11.6. The highest BCUT2D eigenvalue weighted by Crippen LogP contribution is 2.50. The zero-order valence-electron chi connectivity index (χ0n) is 17.6. The smallest absolute Gasteiger partial charge is 0.0933 e. The standard InChI is InChI=1S/C22H42O2S/c1-7-9-11-13-21(3,4)19(17-15-23-17)25-20(18-16-24-18)22(5,6)14-12-10-8-2/h17-20H,7-16H2,1-6H3. The minimum absolute atomic E-state index is 0.341. The molecule has 2 aliphatic rings. The largest absolute Gasteiger partial charge is 0.372 e. The minimum Gasteiger partial charge on any atom is -0.372 e. The van der Waals surface area contributed by atoms with Gasteiger partial charge in [-0.2, -0.15) is 0 Å². The lowest BCUT2D eigenvalue weighted by Gasteiger charge is -2.40. The molecule has 2 heterocycles. The first-order chi connectivity index (χ1) is 11.8. The summed E-state index contributed by atoms with van der Waals surface area (Å²) in [6, 6.07) is 0. The van der Waals surface area contributed by atoms with Gasteiger partial charge in [-0.15, -0.1) is 11.8 Å². The Balaban J connectivity index is 2.01. The molecule has 0 aromatic carbocycles. The second-order valence-electron chi connectivity index (χ2n) is 9.61. The van der Waals surface area contributed by atoms with Crippen molar-refractivity contribution in [3.63, 3.8) is 0 Å². The molecule has 0 saturated carbocycles. The average molecular weight is 371 g/mol. The van der Waals surface area contributed by atoms with E-state index in [1.807, 2.05) is 0 Å². The van der Waals surface area contributed by atoms with Crippen molar-refractivity contribution >= 4 is 11.8 Å². The number of hydrogen-bond acceptors (Lipinski definition) is 3. The van der Waals surface area contributed by atoms with Crippen molar-refractivity contribution in [1.29, 1.82) is 0 Å². The summed E-state index contributed by atoms with van der Waals surface area (Å²) in [6.07, 6.45) is 11.6. The first-order valence-corrected chi connectivity index (χ1v) is 11.6. The molecule has 0 amide bonds. The topological polar surface area (TPSA) is 25.1 Å². The van der Waals surface area contributed by atoms with Crippen molar-refractivity contribution in [1.82, 2.24) is 0 Å². The molecule has 0 bridgehead atoms. The van der Waals surface area contributed by atoms with Crippen molar-refractivity contribution in [3.8, 4) is 0 Å². The van der Waals surface area contributed by atoms with Crippen molar-refractivity contribution in [2.75, 3.05) is 13.2 Å². The normalized spacial score (nSPS) is 25.7. The maximum atomic E-state index is 5.81. The molecule has 2 nitrogen and oxygen atoms in total. The molecule has 0 N–H and O–H groups in total. The maximum Gasteiger partial charge on any atom is 0.0933 e. The summed E-state index contributed by atoms with van der Waals surface area (Å²) in [5.74, 6) is 0. The molecule has 3 heteroatoms. The van der Waals surface area contributed by atoms with Crippen LogP contribution in [0.2, 0.25) is 0 Å². The van der Waals surface area contributed by atoms with E-state index in [0.717, 1.165) is 13.2 Å². The molecule has 148 valence electrons. The molecule has 0 aromatic rings. The highest BCUT2D eigenvalue weighted by atomic mass is 32.2. The lowest BCUT2D eigenvalue weighted by Crippen LogP contribution is -2.39. The molecule has 2 saturated heterocycles. The molecule has 0 radical (unpaired) electrons. The minimum atomic E-state index is 0.341. The van der Waals surface area contributed by atoms with Crippen LogP contribution in [0, 0.1) is 10.8 Å². The van der Waals surface area contributed by atoms with Crippen LogP contribution in [-0.2, 0) is 9.47 Å². The Kier molecular flexibility index (Phi) is 8.16. The zero-order valence-corrected chi connectivity index (χ0v) is 18.4. The van der Waals surface area contributed by atoms with Crippen LogP contribution in [0.15, 0.2) is 0 Å².